The van der Waals surface area contributed by atoms with Crippen LogP contribution in [0.15, 0.2) is 42.5 Å². The van der Waals surface area contributed by atoms with Crippen LogP contribution >= 0.6 is 0 Å². The van der Waals surface area contributed by atoms with Crippen molar-refractivity contribution in [2.75, 3.05) is 11.9 Å². The van der Waals surface area contributed by atoms with Crippen LogP contribution in [-0.4, -0.2) is 35.2 Å². The van der Waals surface area contributed by atoms with Gasteiger partial charge in [-0.2, -0.15) is 0 Å². The topological polar surface area (TPSA) is 78.5 Å². The number of fused-ring (bicyclic) bond motifs is 2. The fourth-order valence-corrected chi connectivity index (χ4v) is 4.63. The first-order valence-electron chi connectivity index (χ1n) is 9.72. The van der Waals surface area contributed by atoms with Crippen LogP contribution in [0.1, 0.15) is 52.2 Å². The van der Waals surface area contributed by atoms with Crippen LogP contribution in [0, 0.1) is 0 Å². The number of benzene rings is 2. The van der Waals surface area contributed by atoms with Crippen molar-refractivity contribution in [2.45, 2.75) is 37.8 Å². The first-order valence-corrected chi connectivity index (χ1v) is 9.72. The number of nitrogens with one attached hydrogen (secondary N) is 2. The standard InChI is InChI=1S/C22H21N3O3/c26-20-8-7-19(21(27)24-20)25-12-14-11-13(5-6-16(14)22(25)28)15-9-10-23-18-4-2-1-3-17(15)18/h1-6,11,15,19,23H,7-10,12H2,(H,24,26,27). The Bertz CT molecular complexity index is 1000. The molecule has 2 N–H and O–H groups in total. The summed E-state index contributed by atoms with van der Waals surface area (Å²) >= 11 is 0. The summed E-state index contributed by atoms with van der Waals surface area (Å²) < 4.78 is 0. The van der Waals surface area contributed by atoms with Crippen molar-refractivity contribution < 1.29 is 14.4 Å². The molecular weight excluding hydrogens is 354 g/mol. The molecular formula is C22H21N3O3. The average Bonchev–Trinajstić information content (AvgIpc) is 3.03. The van der Waals surface area contributed by atoms with Crippen LogP contribution in [0.5, 0.6) is 0 Å². The van der Waals surface area contributed by atoms with E-state index in [1.54, 1.807) is 4.90 Å². The molecule has 2 unspecified atom stereocenters. The van der Waals surface area contributed by atoms with Gasteiger partial charge in [0.25, 0.3) is 5.91 Å². The Morgan fingerprint density at radius 1 is 1.00 bits per heavy atom. The number of anilines is 1. The zero-order chi connectivity index (χ0) is 19.3. The monoisotopic (exact) mass is 375 g/mol. The van der Waals surface area contributed by atoms with Crippen molar-refractivity contribution in [2.24, 2.45) is 0 Å². The summed E-state index contributed by atoms with van der Waals surface area (Å²) in [5.41, 5.74) is 5.27. The molecule has 0 radical (unpaired) electrons. The third kappa shape index (κ3) is 2.68. The van der Waals surface area contributed by atoms with Gasteiger partial charge in [-0.1, -0.05) is 30.3 Å². The van der Waals surface area contributed by atoms with E-state index in [0.29, 0.717) is 24.4 Å². The largest absolute Gasteiger partial charge is 0.385 e. The van der Waals surface area contributed by atoms with Gasteiger partial charge in [-0.05, 0) is 41.7 Å². The summed E-state index contributed by atoms with van der Waals surface area (Å²) in [5, 5.41) is 5.79. The molecule has 142 valence electrons. The molecule has 2 aromatic carbocycles. The highest BCUT2D eigenvalue weighted by Crippen LogP contribution is 2.38. The molecule has 0 aliphatic carbocycles. The second-order valence-corrected chi connectivity index (χ2v) is 7.67. The molecule has 3 aliphatic rings. The molecule has 3 aliphatic heterocycles. The van der Waals surface area contributed by atoms with Crippen LogP contribution in [-0.2, 0) is 16.1 Å². The van der Waals surface area contributed by atoms with Gasteiger partial charge in [0.2, 0.25) is 11.8 Å². The summed E-state index contributed by atoms with van der Waals surface area (Å²) in [5.74, 6) is -0.466. The number of hydrogen-bond acceptors (Lipinski definition) is 4. The molecule has 0 aromatic heterocycles. The van der Waals surface area contributed by atoms with Crippen molar-refractivity contribution >= 4 is 23.4 Å². The predicted octanol–water partition coefficient (Wildman–Crippen LogP) is 2.40. The fourth-order valence-electron chi connectivity index (χ4n) is 4.63. The van der Waals surface area contributed by atoms with Crippen LogP contribution in [0.25, 0.3) is 0 Å². The molecule has 3 amide bonds. The van der Waals surface area contributed by atoms with E-state index in [0.717, 1.165) is 18.5 Å². The van der Waals surface area contributed by atoms with Crippen molar-refractivity contribution in [3.63, 3.8) is 0 Å². The van der Waals surface area contributed by atoms with Gasteiger partial charge in [-0.25, -0.2) is 0 Å². The van der Waals surface area contributed by atoms with Gasteiger partial charge < -0.3 is 10.2 Å². The first kappa shape index (κ1) is 17.0. The zero-order valence-corrected chi connectivity index (χ0v) is 15.4. The Morgan fingerprint density at radius 2 is 1.86 bits per heavy atom. The van der Waals surface area contributed by atoms with Crippen LogP contribution in [0.2, 0.25) is 0 Å². The first-order chi connectivity index (χ1) is 13.6. The summed E-state index contributed by atoms with van der Waals surface area (Å²) in [6.07, 6.45) is 1.66. The van der Waals surface area contributed by atoms with E-state index in [1.165, 1.54) is 16.8 Å². The van der Waals surface area contributed by atoms with Gasteiger partial charge in [0.05, 0.1) is 0 Å². The number of para-hydroxylation sites is 1. The van der Waals surface area contributed by atoms with Gasteiger partial charge in [-0.15, -0.1) is 0 Å². The minimum absolute atomic E-state index is 0.123. The second-order valence-electron chi connectivity index (χ2n) is 7.67. The Morgan fingerprint density at radius 3 is 2.71 bits per heavy atom. The van der Waals surface area contributed by atoms with Crippen LogP contribution in [0.4, 0.5) is 5.69 Å². The number of rotatable bonds is 2. The van der Waals surface area contributed by atoms with Crippen LogP contribution in [0.3, 0.4) is 0 Å². The Hall–Kier alpha value is -3.15. The summed E-state index contributed by atoms with van der Waals surface area (Å²) in [6, 6.07) is 13.8. The van der Waals surface area contributed by atoms with E-state index < -0.39 is 6.04 Å². The lowest BCUT2D eigenvalue weighted by Crippen LogP contribution is -2.52. The Kier molecular flexibility index (Phi) is 3.93. The number of piperidine rings is 1. The third-order valence-electron chi connectivity index (χ3n) is 6.03. The maximum Gasteiger partial charge on any atom is 0.255 e. The lowest BCUT2D eigenvalue weighted by atomic mass is 9.84. The molecule has 0 saturated carbocycles. The van der Waals surface area contributed by atoms with Gasteiger partial charge in [0.15, 0.2) is 0 Å². The van der Waals surface area contributed by atoms with Gasteiger partial charge in [0.1, 0.15) is 6.04 Å². The maximum atomic E-state index is 12.9. The van der Waals surface area contributed by atoms with E-state index in [9.17, 15) is 14.4 Å². The highest BCUT2D eigenvalue weighted by Gasteiger charge is 2.39. The molecule has 2 atom stereocenters. The van der Waals surface area contributed by atoms with Gasteiger partial charge in [0, 0.05) is 36.7 Å². The van der Waals surface area contributed by atoms with E-state index in [4.69, 9.17) is 0 Å². The summed E-state index contributed by atoms with van der Waals surface area (Å²) in [6.45, 7) is 1.33. The molecule has 1 saturated heterocycles. The minimum Gasteiger partial charge on any atom is -0.385 e. The quantitative estimate of drug-likeness (QED) is 0.790. The maximum absolute atomic E-state index is 12.9. The lowest BCUT2D eigenvalue weighted by Gasteiger charge is -2.29. The minimum atomic E-state index is -0.569. The molecule has 0 bridgehead atoms. The van der Waals surface area contributed by atoms with E-state index in [2.05, 4.69) is 34.9 Å². The average molecular weight is 375 g/mol. The van der Waals surface area contributed by atoms with E-state index >= 15 is 0 Å². The second kappa shape index (κ2) is 6.48. The molecule has 6 nitrogen and oxygen atoms in total. The van der Waals surface area contributed by atoms with Crippen molar-refractivity contribution in [3.05, 3.63) is 64.7 Å². The molecule has 5 rings (SSSR count). The highest BCUT2D eigenvalue weighted by atomic mass is 16.2. The smallest absolute Gasteiger partial charge is 0.255 e. The Labute approximate surface area is 162 Å². The summed E-state index contributed by atoms with van der Waals surface area (Å²) in [7, 11) is 0. The number of imide groups is 1. The number of hydrogen-bond donors (Lipinski definition) is 2. The third-order valence-corrected chi connectivity index (χ3v) is 6.03. The fraction of sp³-hybridized carbons (Fsp3) is 0.318. The number of nitrogens with zero attached hydrogens (tertiary/aromatic N) is 1. The van der Waals surface area contributed by atoms with Crippen molar-refractivity contribution in [1.29, 1.82) is 0 Å². The number of carbonyl (C=O) groups excluding carboxylic acids is 3. The highest BCUT2D eigenvalue weighted by molar-refractivity contribution is 6.05. The molecule has 6 heteroatoms. The van der Waals surface area contributed by atoms with Gasteiger partial charge >= 0.3 is 0 Å². The normalized spacial score (nSPS) is 23.7. The van der Waals surface area contributed by atoms with Crippen molar-refractivity contribution in [1.82, 2.24) is 10.2 Å². The predicted molar refractivity (Wildman–Crippen MR) is 104 cm³/mol. The molecule has 1 fully saturated rings. The Balaban J connectivity index is 1.44. The molecule has 28 heavy (non-hydrogen) atoms. The molecule has 0 spiro atoms. The van der Waals surface area contributed by atoms with E-state index in [1.807, 2.05) is 18.2 Å². The number of amides is 3. The lowest BCUT2D eigenvalue weighted by molar-refractivity contribution is -0.136. The zero-order valence-electron chi connectivity index (χ0n) is 15.4. The molecule has 2 aromatic rings. The SMILES string of the molecule is O=C1CCC(N2Cc3cc(C4CCNc5ccccc54)ccc3C2=O)C(=O)N1. The van der Waals surface area contributed by atoms with Crippen LogP contribution < -0.4 is 10.6 Å². The van der Waals surface area contributed by atoms with E-state index in [-0.39, 0.29) is 24.1 Å². The van der Waals surface area contributed by atoms with Gasteiger partial charge in [-0.3, -0.25) is 19.7 Å². The molecule has 3 heterocycles. The summed E-state index contributed by atoms with van der Waals surface area (Å²) in [4.78, 5) is 38.1. The number of carbonyl (C=O) groups is 3. The van der Waals surface area contributed by atoms with Crippen molar-refractivity contribution in [3.8, 4) is 0 Å².